The normalized spacial score (nSPS) is 11.0. The van der Waals surface area contributed by atoms with Crippen molar-refractivity contribution in [2.45, 2.75) is 18.2 Å². The molecule has 2 N–H and O–H groups in total. The Morgan fingerprint density at radius 1 is 0.939 bits per heavy atom. The lowest BCUT2D eigenvalue weighted by atomic mass is 10.1. The fourth-order valence-electron chi connectivity index (χ4n) is 3.16. The van der Waals surface area contributed by atoms with Gasteiger partial charge in [-0.1, -0.05) is 25.1 Å². The van der Waals surface area contributed by atoms with Gasteiger partial charge in [-0.3, -0.25) is 14.3 Å². The maximum Gasteiger partial charge on any atom is 0.261 e. The van der Waals surface area contributed by atoms with Crippen molar-refractivity contribution in [3.8, 4) is 0 Å². The zero-order valence-electron chi connectivity index (χ0n) is 18.2. The van der Waals surface area contributed by atoms with Crippen LogP contribution in [0.4, 0.5) is 15.8 Å². The molecule has 0 saturated heterocycles. The van der Waals surface area contributed by atoms with Crippen LogP contribution >= 0.6 is 0 Å². The summed E-state index contributed by atoms with van der Waals surface area (Å²) in [5.41, 5.74) is 2.15. The van der Waals surface area contributed by atoms with Gasteiger partial charge < -0.3 is 10.2 Å². The van der Waals surface area contributed by atoms with Gasteiger partial charge in [-0.25, -0.2) is 12.8 Å². The number of para-hydroxylation sites is 1. The van der Waals surface area contributed by atoms with E-state index in [0.29, 0.717) is 5.69 Å². The molecule has 33 heavy (non-hydrogen) atoms. The third kappa shape index (κ3) is 6.17. The van der Waals surface area contributed by atoms with E-state index in [2.05, 4.69) is 10.0 Å². The maximum atomic E-state index is 13.0. The average molecular weight is 470 g/mol. The molecule has 0 spiro atoms. The number of hydrogen-bond acceptors (Lipinski definition) is 4. The van der Waals surface area contributed by atoms with E-state index in [9.17, 15) is 22.4 Å². The number of nitrogens with one attached hydrogen (secondary N) is 2. The Hall–Kier alpha value is -3.72. The fraction of sp³-hybridized carbons (Fsp3) is 0.167. The monoisotopic (exact) mass is 469 g/mol. The fourth-order valence-corrected chi connectivity index (χ4v) is 4.22. The third-order valence-electron chi connectivity index (χ3n) is 4.91. The third-order valence-corrected chi connectivity index (χ3v) is 6.31. The van der Waals surface area contributed by atoms with Gasteiger partial charge in [-0.15, -0.1) is 0 Å². The number of likely N-dealkylation sites (N-methyl/N-ethyl adjacent to an activating group) is 1. The van der Waals surface area contributed by atoms with E-state index in [0.717, 1.165) is 24.1 Å². The molecule has 0 unspecified atom stereocenters. The number of aryl methyl sites for hydroxylation is 1. The first-order valence-corrected chi connectivity index (χ1v) is 11.7. The smallest absolute Gasteiger partial charge is 0.261 e. The van der Waals surface area contributed by atoms with Gasteiger partial charge in [-0.05, 0) is 66.6 Å². The lowest BCUT2D eigenvalue weighted by Crippen LogP contribution is -2.35. The number of sulfonamides is 1. The Morgan fingerprint density at radius 3 is 2.21 bits per heavy atom. The van der Waals surface area contributed by atoms with Crippen LogP contribution in [0.3, 0.4) is 0 Å². The van der Waals surface area contributed by atoms with Crippen molar-refractivity contribution in [2.75, 3.05) is 23.6 Å². The zero-order chi connectivity index (χ0) is 24.0. The number of carbonyl (C=O) groups excluding carboxylic acids is 2. The van der Waals surface area contributed by atoms with E-state index in [1.54, 1.807) is 6.07 Å². The standard InChI is InChI=1S/C24H24FN3O4S/c1-3-17-6-4-5-7-22(17)26-23(29)16-28(2)24(30)18-8-14-21(15-9-18)33(31,32)27-20-12-10-19(25)11-13-20/h4-15,27H,3,16H2,1-2H3,(H,26,29). The molecule has 0 bridgehead atoms. The van der Waals surface area contributed by atoms with Crippen LogP contribution in [-0.2, 0) is 21.2 Å². The van der Waals surface area contributed by atoms with E-state index in [-0.39, 0.29) is 28.6 Å². The van der Waals surface area contributed by atoms with Crippen molar-refractivity contribution in [2.24, 2.45) is 0 Å². The number of carbonyl (C=O) groups is 2. The highest BCUT2D eigenvalue weighted by molar-refractivity contribution is 7.92. The van der Waals surface area contributed by atoms with Gasteiger partial charge >= 0.3 is 0 Å². The summed E-state index contributed by atoms with van der Waals surface area (Å²) in [6.45, 7) is 1.82. The van der Waals surface area contributed by atoms with Gasteiger partial charge in [0.15, 0.2) is 0 Å². The van der Waals surface area contributed by atoms with Gasteiger partial charge in [0.1, 0.15) is 5.82 Å². The molecule has 0 fully saturated rings. The van der Waals surface area contributed by atoms with Crippen LogP contribution < -0.4 is 10.0 Å². The first kappa shape index (κ1) is 23.9. The molecule has 3 rings (SSSR count). The molecule has 7 nitrogen and oxygen atoms in total. The molecule has 0 aliphatic heterocycles. The summed E-state index contributed by atoms with van der Waals surface area (Å²) in [5.74, 6) is -1.24. The summed E-state index contributed by atoms with van der Waals surface area (Å²) >= 11 is 0. The van der Waals surface area contributed by atoms with Gasteiger partial charge in [-0.2, -0.15) is 0 Å². The summed E-state index contributed by atoms with van der Waals surface area (Å²) in [7, 11) is -2.42. The molecule has 0 aliphatic rings. The number of rotatable bonds is 8. The highest BCUT2D eigenvalue weighted by Gasteiger charge is 2.18. The van der Waals surface area contributed by atoms with E-state index < -0.39 is 21.7 Å². The first-order chi connectivity index (χ1) is 15.7. The molecule has 0 saturated carbocycles. The van der Waals surface area contributed by atoms with Gasteiger partial charge in [0.25, 0.3) is 15.9 Å². The van der Waals surface area contributed by atoms with E-state index >= 15 is 0 Å². The second-order valence-corrected chi connectivity index (χ2v) is 9.04. The molecule has 0 aromatic heterocycles. The number of nitrogens with zero attached hydrogens (tertiary/aromatic N) is 1. The number of benzene rings is 3. The van der Waals surface area contributed by atoms with E-state index in [1.807, 2.05) is 25.1 Å². The van der Waals surface area contributed by atoms with E-state index in [4.69, 9.17) is 0 Å². The van der Waals surface area contributed by atoms with Crippen molar-refractivity contribution in [3.63, 3.8) is 0 Å². The number of anilines is 2. The van der Waals surface area contributed by atoms with E-state index in [1.165, 1.54) is 48.3 Å². The predicted molar refractivity (Wildman–Crippen MR) is 125 cm³/mol. The highest BCUT2D eigenvalue weighted by Crippen LogP contribution is 2.18. The Kier molecular flexibility index (Phi) is 7.44. The topological polar surface area (TPSA) is 95.6 Å². The lowest BCUT2D eigenvalue weighted by molar-refractivity contribution is -0.116. The molecule has 2 amide bonds. The van der Waals surface area contributed by atoms with Crippen molar-refractivity contribution in [3.05, 3.63) is 89.7 Å². The quantitative estimate of drug-likeness (QED) is 0.523. The van der Waals surface area contributed by atoms with Crippen LogP contribution in [0, 0.1) is 5.82 Å². The highest BCUT2D eigenvalue weighted by atomic mass is 32.2. The Labute approximate surface area is 192 Å². The van der Waals surface area contributed by atoms with Crippen LogP contribution in [-0.4, -0.2) is 38.7 Å². The van der Waals surface area contributed by atoms with Crippen molar-refractivity contribution in [1.82, 2.24) is 4.90 Å². The second kappa shape index (κ2) is 10.3. The molecule has 0 aliphatic carbocycles. The van der Waals surface area contributed by atoms with Crippen LogP contribution in [0.1, 0.15) is 22.8 Å². The number of halogens is 1. The minimum absolute atomic E-state index is 0.0556. The molecular weight excluding hydrogens is 445 g/mol. The summed E-state index contributed by atoms with van der Waals surface area (Å²) < 4.78 is 40.4. The Morgan fingerprint density at radius 2 is 1.58 bits per heavy atom. The Bertz CT molecular complexity index is 1240. The van der Waals surface area contributed by atoms with Crippen molar-refractivity contribution < 1.29 is 22.4 Å². The zero-order valence-corrected chi connectivity index (χ0v) is 19.0. The largest absolute Gasteiger partial charge is 0.332 e. The molecule has 0 radical (unpaired) electrons. The van der Waals surface area contributed by atoms with Crippen LogP contribution in [0.15, 0.2) is 77.7 Å². The molecule has 172 valence electrons. The van der Waals surface area contributed by atoms with Crippen LogP contribution in [0.2, 0.25) is 0 Å². The molecule has 0 heterocycles. The molecule has 3 aromatic carbocycles. The molecule has 3 aromatic rings. The van der Waals surface area contributed by atoms with Gasteiger partial charge in [0, 0.05) is 24.0 Å². The van der Waals surface area contributed by atoms with Crippen molar-refractivity contribution in [1.29, 1.82) is 0 Å². The predicted octanol–water partition coefficient (Wildman–Crippen LogP) is 3.90. The summed E-state index contributed by atoms with van der Waals surface area (Å²) in [6.07, 6.45) is 0.760. The summed E-state index contributed by atoms with van der Waals surface area (Å²) in [4.78, 5) is 26.3. The van der Waals surface area contributed by atoms with Gasteiger partial charge in [0.2, 0.25) is 5.91 Å². The maximum absolute atomic E-state index is 13.0. The van der Waals surface area contributed by atoms with Crippen molar-refractivity contribution >= 4 is 33.2 Å². The molecule has 9 heteroatoms. The first-order valence-electron chi connectivity index (χ1n) is 10.2. The number of hydrogen-bond donors (Lipinski definition) is 2. The lowest BCUT2D eigenvalue weighted by Gasteiger charge is -2.18. The molecule has 0 atom stereocenters. The van der Waals surface area contributed by atoms with Crippen LogP contribution in [0.5, 0.6) is 0 Å². The Balaban J connectivity index is 1.64. The number of amides is 2. The average Bonchev–Trinajstić information content (AvgIpc) is 2.80. The summed E-state index contributed by atoms with van der Waals surface area (Å²) in [5, 5.41) is 2.81. The summed E-state index contributed by atoms with van der Waals surface area (Å²) in [6, 6.07) is 17.7. The second-order valence-electron chi connectivity index (χ2n) is 7.36. The SMILES string of the molecule is CCc1ccccc1NC(=O)CN(C)C(=O)c1ccc(S(=O)(=O)Nc2ccc(F)cc2)cc1. The minimum atomic E-state index is -3.91. The van der Waals surface area contributed by atoms with Crippen LogP contribution in [0.25, 0.3) is 0 Å². The molecular formula is C24H24FN3O4S. The van der Waals surface area contributed by atoms with Gasteiger partial charge in [0.05, 0.1) is 11.4 Å². The minimum Gasteiger partial charge on any atom is -0.332 e.